The summed E-state index contributed by atoms with van der Waals surface area (Å²) in [6.45, 7) is 0.553. The summed E-state index contributed by atoms with van der Waals surface area (Å²) in [5, 5.41) is 11.4. The Hall–Kier alpha value is -1.26. The highest BCUT2D eigenvalue weighted by Gasteiger charge is 2.60. The zero-order valence-corrected chi connectivity index (χ0v) is 14.4. The molecule has 5 rings (SSSR count). The number of halogens is 1. The summed E-state index contributed by atoms with van der Waals surface area (Å²) < 4.78 is 11.1. The second-order valence-corrected chi connectivity index (χ2v) is 8.34. The van der Waals surface area contributed by atoms with E-state index < -0.39 is 11.0 Å². The molecule has 24 heavy (non-hydrogen) atoms. The maximum Gasteiger partial charge on any atom is 0.312 e. The molecule has 0 amide bonds. The van der Waals surface area contributed by atoms with Gasteiger partial charge in [0.25, 0.3) is 0 Å². The lowest BCUT2D eigenvalue weighted by Gasteiger charge is -2.58. The molecule has 0 aromatic heterocycles. The van der Waals surface area contributed by atoms with E-state index in [1.807, 2.05) is 0 Å². The van der Waals surface area contributed by atoms with E-state index >= 15 is 0 Å². The monoisotopic (exact) mass is 350 g/mol. The molecule has 1 aromatic rings. The van der Waals surface area contributed by atoms with Crippen LogP contribution in [0, 0.1) is 17.3 Å². The topological polar surface area (TPSA) is 55.8 Å². The summed E-state index contributed by atoms with van der Waals surface area (Å²) in [4.78, 5) is 12.7. The molecular weight excluding hydrogens is 328 g/mol. The van der Waals surface area contributed by atoms with Gasteiger partial charge < -0.3 is 14.6 Å². The Morgan fingerprint density at radius 1 is 1.12 bits per heavy atom. The van der Waals surface area contributed by atoms with Crippen LogP contribution in [0.4, 0.5) is 0 Å². The minimum atomic E-state index is -0.636. The Balaban J connectivity index is 1.31. The van der Waals surface area contributed by atoms with Crippen molar-refractivity contribution >= 4 is 17.6 Å². The summed E-state index contributed by atoms with van der Waals surface area (Å²) >= 11 is 5.83. The molecule has 0 spiro atoms. The van der Waals surface area contributed by atoms with Crippen molar-refractivity contribution < 1.29 is 19.4 Å². The minimum Gasteiger partial charge on any atom is -0.490 e. The maximum absolute atomic E-state index is 12.7. The van der Waals surface area contributed by atoms with Gasteiger partial charge in [0.05, 0.1) is 11.0 Å². The molecule has 0 radical (unpaired) electrons. The van der Waals surface area contributed by atoms with Crippen molar-refractivity contribution in [3.05, 3.63) is 29.3 Å². The number of hydrogen-bond donors (Lipinski definition) is 1. The summed E-state index contributed by atoms with van der Waals surface area (Å²) in [5.41, 5.74) is -1.10. The molecule has 1 aromatic carbocycles. The maximum atomic E-state index is 12.7. The molecule has 2 atom stereocenters. The van der Waals surface area contributed by atoms with Gasteiger partial charge in [-0.05, 0) is 74.6 Å². The second kappa shape index (κ2) is 5.92. The summed E-state index contributed by atoms with van der Waals surface area (Å²) in [5.74, 6) is 1.53. The third-order valence-corrected chi connectivity index (χ3v) is 6.11. The Morgan fingerprint density at radius 2 is 1.79 bits per heavy atom. The van der Waals surface area contributed by atoms with Crippen molar-refractivity contribution in [3.8, 4) is 5.75 Å². The second-order valence-electron chi connectivity index (χ2n) is 7.90. The molecule has 0 heterocycles. The zero-order chi connectivity index (χ0) is 16.8. The molecule has 4 aliphatic rings. The molecule has 4 aliphatic carbocycles. The summed E-state index contributed by atoms with van der Waals surface area (Å²) in [6, 6.07) is 7.11. The first kappa shape index (κ1) is 16.2. The van der Waals surface area contributed by atoms with Gasteiger partial charge in [0.2, 0.25) is 0 Å². The molecule has 4 saturated carbocycles. The van der Waals surface area contributed by atoms with Crippen LogP contribution in [0.3, 0.4) is 0 Å². The van der Waals surface area contributed by atoms with Gasteiger partial charge in [0, 0.05) is 5.02 Å². The fourth-order valence-corrected chi connectivity index (χ4v) is 5.56. The highest BCUT2D eigenvalue weighted by molar-refractivity contribution is 6.30. The van der Waals surface area contributed by atoms with Gasteiger partial charge in [0.15, 0.2) is 0 Å². The number of carbonyl (C=O) groups is 1. The fourth-order valence-electron chi connectivity index (χ4n) is 5.43. The molecule has 4 nitrogen and oxygen atoms in total. The lowest BCUT2D eigenvalue weighted by atomic mass is 9.48. The standard InChI is InChI=1S/C19H23ClO4/c20-15-1-3-16(4-2-15)23-5-6-24-17(21)18-8-13-7-14(9-18)11-19(22,10-13)12-18/h1-4,13-14,22H,5-12H2. The van der Waals surface area contributed by atoms with E-state index in [0.29, 0.717) is 35.6 Å². The average Bonchev–Trinajstić information content (AvgIpc) is 2.50. The smallest absolute Gasteiger partial charge is 0.312 e. The van der Waals surface area contributed by atoms with E-state index in [4.69, 9.17) is 21.1 Å². The third kappa shape index (κ3) is 3.02. The van der Waals surface area contributed by atoms with Crippen LogP contribution in [0.15, 0.2) is 24.3 Å². The van der Waals surface area contributed by atoms with Crippen LogP contribution in [0.2, 0.25) is 5.02 Å². The van der Waals surface area contributed by atoms with E-state index in [9.17, 15) is 9.90 Å². The SMILES string of the molecule is O=C(OCCOc1ccc(Cl)cc1)C12CC3CC(CC(O)(C3)C1)C2. The molecule has 0 aliphatic heterocycles. The lowest BCUT2D eigenvalue weighted by molar-refractivity contribution is -0.196. The average molecular weight is 351 g/mol. The van der Waals surface area contributed by atoms with Crippen LogP contribution < -0.4 is 4.74 Å². The Bertz CT molecular complexity index is 613. The van der Waals surface area contributed by atoms with Crippen molar-refractivity contribution in [2.24, 2.45) is 17.3 Å². The van der Waals surface area contributed by atoms with Crippen molar-refractivity contribution in [2.45, 2.75) is 44.1 Å². The number of ether oxygens (including phenoxy) is 2. The first-order valence-electron chi connectivity index (χ1n) is 8.74. The summed E-state index contributed by atoms with van der Waals surface area (Å²) in [7, 11) is 0. The van der Waals surface area contributed by atoms with Gasteiger partial charge in [-0.3, -0.25) is 4.79 Å². The van der Waals surface area contributed by atoms with Crippen LogP contribution in [0.5, 0.6) is 5.75 Å². The Kier molecular flexibility index (Phi) is 4.00. The molecule has 2 unspecified atom stereocenters. The normalized spacial score (nSPS) is 36.6. The van der Waals surface area contributed by atoms with Crippen LogP contribution in [-0.4, -0.2) is 29.9 Å². The van der Waals surface area contributed by atoms with Crippen LogP contribution >= 0.6 is 11.6 Å². The number of esters is 1. The van der Waals surface area contributed by atoms with Gasteiger partial charge in [-0.15, -0.1) is 0 Å². The van der Waals surface area contributed by atoms with Crippen LogP contribution in [-0.2, 0) is 9.53 Å². The van der Waals surface area contributed by atoms with Crippen molar-refractivity contribution in [2.75, 3.05) is 13.2 Å². The number of rotatable bonds is 5. The lowest BCUT2D eigenvalue weighted by Crippen LogP contribution is -2.58. The van der Waals surface area contributed by atoms with Gasteiger partial charge in [-0.2, -0.15) is 0 Å². The number of benzene rings is 1. The van der Waals surface area contributed by atoms with Gasteiger partial charge >= 0.3 is 5.97 Å². The molecule has 4 bridgehead atoms. The Morgan fingerprint density at radius 3 is 2.42 bits per heavy atom. The van der Waals surface area contributed by atoms with Crippen LogP contribution in [0.1, 0.15) is 38.5 Å². The van der Waals surface area contributed by atoms with Crippen molar-refractivity contribution in [3.63, 3.8) is 0 Å². The van der Waals surface area contributed by atoms with E-state index in [0.717, 1.165) is 32.1 Å². The van der Waals surface area contributed by atoms with E-state index in [-0.39, 0.29) is 12.6 Å². The number of aliphatic hydroxyl groups is 1. The summed E-state index contributed by atoms with van der Waals surface area (Å²) in [6.07, 6.45) is 5.21. The molecular formula is C19H23ClO4. The zero-order valence-electron chi connectivity index (χ0n) is 13.7. The van der Waals surface area contributed by atoms with Gasteiger partial charge in [0.1, 0.15) is 19.0 Å². The Labute approximate surface area is 147 Å². The highest BCUT2D eigenvalue weighted by atomic mass is 35.5. The fraction of sp³-hybridized carbons (Fsp3) is 0.632. The molecule has 0 saturated heterocycles. The highest BCUT2D eigenvalue weighted by Crippen LogP contribution is 2.61. The van der Waals surface area contributed by atoms with Crippen molar-refractivity contribution in [1.82, 2.24) is 0 Å². The van der Waals surface area contributed by atoms with E-state index in [1.165, 1.54) is 0 Å². The third-order valence-electron chi connectivity index (χ3n) is 5.86. The molecule has 5 heteroatoms. The molecule has 1 N–H and O–H groups in total. The number of carbonyl (C=O) groups excluding carboxylic acids is 1. The quantitative estimate of drug-likeness (QED) is 0.651. The first-order valence-corrected chi connectivity index (χ1v) is 9.12. The number of hydrogen-bond acceptors (Lipinski definition) is 4. The predicted molar refractivity (Wildman–Crippen MR) is 90.0 cm³/mol. The van der Waals surface area contributed by atoms with E-state index in [1.54, 1.807) is 24.3 Å². The van der Waals surface area contributed by atoms with E-state index in [2.05, 4.69) is 0 Å². The van der Waals surface area contributed by atoms with Crippen LogP contribution in [0.25, 0.3) is 0 Å². The molecule has 4 fully saturated rings. The molecule has 130 valence electrons. The largest absolute Gasteiger partial charge is 0.490 e. The first-order chi connectivity index (χ1) is 11.5. The van der Waals surface area contributed by atoms with Crippen molar-refractivity contribution in [1.29, 1.82) is 0 Å². The van der Waals surface area contributed by atoms with Gasteiger partial charge in [-0.1, -0.05) is 11.6 Å². The minimum absolute atomic E-state index is 0.144. The van der Waals surface area contributed by atoms with Gasteiger partial charge in [-0.25, -0.2) is 0 Å². The predicted octanol–water partition coefficient (Wildman–Crippen LogP) is 3.59.